The van der Waals surface area contributed by atoms with Gasteiger partial charge in [0.15, 0.2) is 0 Å². The Bertz CT molecular complexity index is 351. The van der Waals surface area contributed by atoms with Crippen molar-refractivity contribution in [2.24, 2.45) is 0 Å². The first-order valence-electron chi connectivity index (χ1n) is 5.34. The Morgan fingerprint density at radius 3 is 2.50 bits per heavy atom. The van der Waals surface area contributed by atoms with Gasteiger partial charge < -0.3 is 10.2 Å². The third-order valence-corrected chi connectivity index (χ3v) is 2.92. The summed E-state index contributed by atoms with van der Waals surface area (Å²) in [5.74, 6) is 0. The maximum Gasteiger partial charge on any atom is 0.321 e. The zero-order chi connectivity index (χ0) is 12.1. The van der Waals surface area contributed by atoms with Gasteiger partial charge in [-0.25, -0.2) is 4.79 Å². The number of carbonyl (C=O) groups excluding carboxylic acids is 1. The highest BCUT2D eigenvalue weighted by Gasteiger charge is 2.13. The number of anilines is 1. The van der Waals surface area contributed by atoms with Crippen molar-refractivity contribution < 1.29 is 4.79 Å². The van der Waals surface area contributed by atoms with Gasteiger partial charge in [-0.05, 0) is 37.6 Å². The minimum absolute atomic E-state index is 0.100. The SMILES string of the molecule is CC[C@@H](C)N(C)C(=O)Nc1ccc(Cl)cc1. The van der Waals surface area contributed by atoms with Gasteiger partial charge >= 0.3 is 6.03 Å². The first-order valence-corrected chi connectivity index (χ1v) is 5.71. The quantitative estimate of drug-likeness (QED) is 0.860. The fourth-order valence-electron chi connectivity index (χ4n) is 1.22. The maximum absolute atomic E-state index is 11.8. The van der Waals surface area contributed by atoms with Crippen LogP contribution < -0.4 is 5.32 Å². The third-order valence-electron chi connectivity index (χ3n) is 2.67. The number of halogens is 1. The molecule has 0 saturated carbocycles. The molecule has 3 nitrogen and oxygen atoms in total. The van der Waals surface area contributed by atoms with Crippen LogP contribution in [0.25, 0.3) is 0 Å². The first kappa shape index (κ1) is 12.8. The van der Waals surface area contributed by atoms with Crippen molar-refractivity contribution in [3.63, 3.8) is 0 Å². The summed E-state index contributed by atoms with van der Waals surface area (Å²) in [6.07, 6.45) is 0.935. The van der Waals surface area contributed by atoms with Gasteiger partial charge in [-0.15, -0.1) is 0 Å². The lowest BCUT2D eigenvalue weighted by atomic mass is 10.2. The summed E-state index contributed by atoms with van der Waals surface area (Å²) in [5, 5.41) is 3.47. The number of benzene rings is 1. The highest BCUT2D eigenvalue weighted by molar-refractivity contribution is 6.30. The van der Waals surface area contributed by atoms with Crippen LogP contribution in [0.5, 0.6) is 0 Å². The van der Waals surface area contributed by atoms with Crippen molar-refractivity contribution >= 4 is 23.3 Å². The molecule has 1 aromatic carbocycles. The Kier molecular flexibility index (Phi) is 4.62. The Hall–Kier alpha value is -1.22. The molecule has 16 heavy (non-hydrogen) atoms. The van der Waals surface area contributed by atoms with Crippen LogP contribution >= 0.6 is 11.6 Å². The van der Waals surface area contributed by atoms with Crippen LogP contribution in [-0.2, 0) is 0 Å². The lowest BCUT2D eigenvalue weighted by Crippen LogP contribution is -2.37. The number of hydrogen-bond acceptors (Lipinski definition) is 1. The topological polar surface area (TPSA) is 32.3 Å². The predicted octanol–water partition coefficient (Wildman–Crippen LogP) is 3.60. The molecular formula is C12H17ClN2O. The molecule has 1 rings (SSSR count). The summed E-state index contributed by atoms with van der Waals surface area (Å²) in [4.78, 5) is 13.5. The molecule has 0 aliphatic heterocycles. The van der Waals surface area contributed by atoms with E-state index in [2.05, 4.69) is 12.2 Å². The Morgan fingerprint density at radius 1 is 1.44 bits per heavy atom. The molecule has 0 aromatic heterocycles. The molecule has 4 heteroatoms. The summed E-state index contributed by atoms with van der Waals surface area (Å²) in [6.45, 7) is 4.07. The largest absolute Gasteiger partial charge is 0.325 e. The Labute approximate surface area is 101 Å². The number of amides is 2. The standard InChI is InChI=1S/C12H17ClN2O/c1-4-9(2)15(3)12(16)14-11-7-5-10(13)6-8-11/h5-9H,4H2,1-3H3,(H,14,16)/t9-/m1/s1. The highest BCUT2D eigenvalue weighted by Crippen LogP contribution is 2.14. The molecule has 0 bridgehead atoms. The zero-order valence-corrected chi connectivity index (χ0v) is 10.6. The van der Waals surface area contributed by atoms with Crippen LogP contribution in [0, 0.1) is 0 Å². The summed E-state index contributed by atoms with van der Waals surface area (Å²) in [6, 6.07) is 7.19. The van der Waals surface area contributed by atoms with Crippen LogP contribution in [0.2, 0.25) is 5.02 Å². The van der Waals surface area contributed by atoms with Gasteiger partial charge in [0.05, 0.1) is 0 Å². The molecule has 0 radical (unpaired) electrons. The number of carbonyl (C=O) groups is 1. The smallest absolute Gasteiger partial charge is 0.321 e. The summed E-state index contributed by atoms with van der Waals surface area (Å²) in [5.41, 5.74) is 0.754. The minimum atomic E-state index is -0.100. The molecule has 0 aliphatic rings. The second-order valence-electron chi connectivity index (χ2n) is 3.81. The molecule has 0 saturated heterocycles. The van der Waals surface area contributed by atoms with E-state index in [4.69, 9.17) is 11.6 Å². The molecule has 0 fully saturated rings. The summed E-state index contributed by atoms with van der Waals surface area (Å²) in [7, 11) is 1.79. The number of nitrogens with one attached hydrogen (secondary N) is 1. The van der Waals surface area contributed by atoms with Crippen molar-refractivity contribution in [2.75, 3.05) is 12.4 Å². The van der Waals surface area contributed by atoms with Crippen molar-refractivity contribution in [2.45, 2.75) is 26.3 Å². The van der Waals surface area contributed by atoms with E-state index in [1.165, 1.54) is 0 Å². The van der Waals surface area contributed by atoms with Gasteiger partial charge in [0.1, 0.15) is 0 Å². The number of rotatable bonds is 3. The molecule has 0 spiro atoms. The van der Waals surface area contributed by atoms with Crippen LogP contribution in [0.4, 0.5) is 10.5 Å². The average Bonchev–Trinajstić information content (AvgIpc) is 2.30. The van der Waals surface area contributed by atoms with Crippen molar-refractivity contribution in [1.29, 1.82) is 0 Å². The van der Waals surface area contributed by atoms with Crippen molar-refractivity contribution in [3.05, 3.63) is 29.3 Å². The van der Waals surface area contributed by atoms with E-state index in [1.54, 1.807) is 36.2 Å². The normalized spacial score (nSPS) is 12.0. The first-order chi connectivity index (χ1) is 7.54. The van der Waals surface area contributed by atoms with Gasteiger partial charge in [-0.1, -0.05) is 18.5 Å². The van der Waals surface area contributed by atoms with E-state index in [0.29, 0.717) is 5.02 Å². The van der Waals surface area contributed by atoms with Crippen molar-refractivity contribution in [1.82, 2.24) is 4.90 Å². The van der Waals surface area contributed by atoms with Gasteiger partial charge in [0.25, 0.3) is 0 Å². The van der Waals surface area contributed by atoms with Gasteiger partial charge in [0.2, 0.25) is 0 Å². The second kappa shape index (κ2) is 5.75. The van der Waals surface area contributed by atoms with Gasteiger partial charge in [-0.3, -0.25) is 0 Å². The number of urea groups is 1. The Morgan fingerprint density at radius 2 is 2.00 bits per heavy atom. The summed E-state index contributed by atoms with van der Waals surface area (Å²) >= 11 is 5.76. The molecule has 0 unspecified atom stereocenters. The molecule has 1 atom stereocenters. The fourth-order valence-corrected chi connectivity index (χ4v) is 1.34. The van der Waals surface area contributed by atoms with Gasteiger partial charge in [-0.2, -0.15) is 0 Å². The van der Waals surface area contributed by atoms with E-state index in [-0.39, 0.29) is 12.1 Å². The van der Waals surface area contributed by atoms with Crippen LogP contribution in [0.15, 0.2) is 24.3 Å². The third kappa shape index (κ3) is 3.42. The van der Waals surface area contributed by atoms with Crippen LogP contribution in [0.3, 0.4) is 0 Å². The lowest BCUT2D eigenvalue weighted by Gasteiger charge is -2.24. The van der Waals surface area contributed by atoms with E-state index < -0.39 is 0 Å². The van der Waals surface area contributed by atoms with E-state index in [1.807, 2.05) is 6.92 Å². The van der Waals surface area contributed by atoms with Crippen LogP contribution in [-0.4, -0.2) is 24.0 Å². The Balaban J connectivity index is 2.60. The molecule has 2 amide bonds. The molecule has 1 aromatic rings. The average molecular weight is 241 g/mol. The zero-order valence-electron chi connectivity index (χ0n) is 9.83. The molecule has 0 aliphatic carbocycles. The number of nitrogens with zero attached hydrogens (tertiary/aromatic N) is 1. The molecular weight excluding hydrogens is 224 g/mol. The monoisotopic (exact) mass is 240 g/mol. The minimum Gasteiger partial charge on any atom is -0.325 e. The molecule has 1 N–H and O–H groups in total. The lowest BCUT2D eigenvalue weighted by molar-refractivity contribution is 0.206. The highest BCUT2D eigenvalue weighted by atomic mass is 35.5. The summed E-state index contributed by atoms with van der Waals surface area (Å²) < 4.78 is 0. The fraction of sp³-hybridized carbons (Fsp3) is 0.417. The molecule has 88 valence electrons. The molecule has 0 heterocycles. The second-order valence-corrected chi connectivity index (χ2v) is 4.24. The van der Waals surface area contributed by atoms with E-state index in [0.717, 1.165) is 12.1 Å². The van der Waals surface area contributed by atoms with E-state index >= 15 is 0 Å². The number of hydrogen-bond donors (Lipinski definition) is 1. The predicted molar refractivity (Wildman–Crippen MR) is 68.0 cm³/mol. The van der Waals surface area contributed by atoms with Gasteiger partial charge in [0, 0.05) is 23.8 Å². The van der Waals surface area contributed by atoms with Crippen LogP contribution in [0.1, 0.15) is 20.3 Å². The van der Waals surface area contributed by atoms with E-state index in [9.17, 15) is 4.79 Å². The van der Waals surface area contributed by atoms with Crippen molar-refractivity contribution in [3.8, 4) is 0 Å². The maximum atomic E-state index is 11.8.